The van der Waals surface area contributed by atoms with Gasteiger partial charge in [-0.15, -0.1) is 11.6 Å². The maximum absolute atomic E-state index is 11.4. The molecule has 0 saturated carbocycles. The average Bonchev–Trinajstić information content (AvgIpc) is 2.30. The third kappa shape index (κ3) is 5.26. The molecule has 0 saturated heterocycles. The molecule has 1 aromatic carbocycles. The largest absolute Gasteiger partial charge is 0.383 e. The molecule has 106 valence electrons. The summed E-state index contributed by atoms with van der Waals surface area (Å²) in [4.78, 5) is 11.0. The molecule has 0 aliphatic heterocycles. The van der Waals surface area contributed by atoms with Gasteiger partial charge in [-0.3, -0.25) is 4.79 Å². The Kier molecular flexibility index (Phi) is 5.90. The van der Waals surface area contributed by atoms with Crippen molar-refractivity contribution < 1.29 is 13.2 Å². The number of nitrogens with one attached hydrogen (secondary N) is 1. The predicted octanol–water partition coefficient (Wildman–Crippen LogP) is 1.50. The molecule has 1 rings (SSSR count). The minimum absolute atomic E-state index is 0.0587. The van der Waals surface area contributed by atoms with E-state index >= 15 is 0 Å². The first-order valence-corrected chi connectivity index (χ1v) is 8.19. The van der Waals surface area contributed by atoms with Crippen LogP contribution in [0.5, 0.6) is 0 Å². The van der Waals surface area contributed by atoms with Crippen molar-refractivity contribution in [3.63, 3.8) is 0 Å². The van der Waals surface area contributed by atoms with E-state index in [0.29, 0.717) is 16.3 Å². The van der Waals surface area contributed by atoms with Crippen LogP contribution in [0.2, 0.25) is 5.02 Å². The molecule has 0 aliphatic carbocycles. The van der Waals surface area contributed by atoms with E-state index in [-0.39, 0.29) is 23.9 Å². The number of rotatable bonds is 7. The number of hydrogen-bond acceptors (Lipinski definition) is 4. The highest BCUT2D eigenvalue weighted by atomic mass is 35.5. The van der Waals surface area contributed by atoms with E-state index in [2.05, 4.69) is 5.32 Å². The number of alkyl halides is 1. The Hall–Kier alpha value is -0.980. The van der Waals surface area contributed by atoms with Gasteiger partial charge in [0.2, 0.25) is 5.91 Å². The van der Waals surface area contributed by atoms with E-state index in [4.69, 9.17) is 28.9 Å². The van der Waals surface area contributed by atoms with Crippen molar-refractivity contribution in [1.82, 2.24) is 0 Å². The zero-order valence-electron chi connectivity index (χ0n) is 10.0. The summed E-state index contributed by atoms with van der Waals surface area (Å²) in [5.74, 6) is -0.628. The average molecular weight is 325 g/mol. The van der Waals surface area contributed by atoms with E-state index in [0.717, 1.165) is 0 Å². The van der Waals surface area contributed by atoms with E-state index in [9.17, 15) is 13.2 Å². The number of carbonyl (C=O) groups is 1. The molecular weight excluding hydrogens is 311 g/mol. The maximum Gasteiger partial charge on any atom is 0.248 e. The number of sulfone groups is 1. The van der Waals surface area contributed by atoms with Gasteiger partial charge in [0.05, 0.1) is 22.2 Å². The molecule has 8 heteroatoms. The van der Waals surface area contributed by atoms with Gasteiger partial charge in [-0.25, -0.2) is 8.42 Å². The quantitative estimate of drug-likeness (QED) is 0.744. The number of carbonyl (C=O) groups excluding carboxylic acids is 1. The van der Waals surface area contributed by atoms with Crippen molar-refractivity contribution in [3.8, 4) is 0 Å². The second-order valence-corrected chi connectivity index (χ2v) is 6.92. The van der Waals surface area contributed by atoms with Crippen LogP contribution < -0.4 is 11.1 Å². The highest BCUT2D eigenvalue weighted by molar-refractivity contribution is 7.91. The highest BCUT2D eigenvalue weighted by Crippen LogP contribution is 2.22. The topological polar surface area (TPSA) is 89.3 Å². The third-order valence-corrected chi connectivity index (χ3v) is 4.76. The molecule has 0 heterocycles. The Morgan fingerprint density at radius 1 is 1.32 bits per heavy atom. The Morgan fingerprint density at radius 2 is 2.00 bits per heavy atom. The fraction of sp³-hybridized carbons (Fsp3) is 0.364. The van der Waals surface area contributed by atoms with Gasteiger partial charge in [0.15, 0.2) is 9.84 Å². The lowest BCUT2D eigenvalue weighted by atomic mass is 10.2. The second-order valence-electron chi connectivity index (χ2n) is 3.83. The van der Waals surface area contributed by atoms with Crippen LogP contribution in [0.4, 0.5) is 5.69 Å². The van der Waals surface area contributed by atoms with Crippen molar-refractivity contribution in [2.75, 3.05) is 29.2 Å². The summed E-state index contributed by atoms with van der Waals surface area (Å²) in [5, 5.41) is 3.25. The summed E-state index contributed by atoms with van der Waals surface area (Å²) in [6.07, 6.45) is 0. The maximum atomic E-state index is 11.4. The number of halogens is 2. The minimum atomic E-state index is -3.17. The van der Waals surface area contributed by atoms with Crippen LogP contribution in [0.25, 0.3) is 0 Å². The van der Waals surface area contributed by atoms with Gasteiger partial charge in [-0.05, 0) is 18.2 Å². The number of hydrogen-bond donors (Lipinski definition) is 2. The fourth-order valence-corrected chi connectivity index (χ4v) is 3.12. The normalized spacial score (nSPS) is 11.3. The van der Waals surface area contributed by atoms with Crippen LogP contribution in [0.15, 0.2) is 18.2 Å². The van der Waals surface area contributed by atoms with Crippen LogP contribution >= 0.6 is 23.2 Å². The van der Waals surface area contributed by atoms with E-state index in [1.165, 1.54) is 18.2 Å². The van der Waals surface area contributed by atoms with Crippen molar-refractivity contribution in [2.45, 2.75) is 0 Å². The number of anilines is 1. The Bertz CT molecular complexity index is 561. The molecule has 19 heavy (non-hydrogen) atoms. The lowest BCUT2D eigenvalue weighted by Crippen LogP contribution is -2.19. The number of nitrogens with two attached hydrogens (primary N) is 1. The van der Waals surface area contributed by atoms with Crippen LogP contribution in [0.1, 0.15) is 10.4 Å². The zero-order chi connectivity index (χ0) is 14.5. The van der Waals surface area contributed by atoms with Crippen molar-refractivity contribution in [2.24, 2.45) is 5.73 Å². The summed E-state index contributed by atoms with van der Waals surface area (Å²) >= 11 is 11.3. The first kappa shape index (κ1) is 16.1. The molecule has 0 radical (unpaired) electrons. The summed E-state index contributed by atoms with van der Waals surface area (Å²) < 4.78 is 22.9. The SMILES string of the molecule is NC(=O)c1ccc(Cl)c(NCCS(=O)(=O)CCCl)c1. The smallest absolute Gasteiger partial charge is 0.248 e. The highest BCUT2D eigenvalue weighted by Gasteiger charge is 2.10. The second kappa shape index (κ2) is 6.98. The van der Waals surface area contributed by atoms with Gasteiger partial charge in [-0.2, -0.15) is 0 Å². The monoisotopic (exact) mass is 324 g/mol. The van der Waals surface area contributed by atoms with Crippen LogP contribution in [0, 0.1) is 0 Å². The Labute approximate surface area is 122 Å². The molecule has 5 nitrogen and oxygen atoms in total. The predicted molar refractivity (Wildman–Crippen MR) is 77.8 cm³/mol. The van der Waals surface area contributed by atoms with E-state index < -0.39 is 15.7 Å². The summed E-state index contributed by atoms with van der Waals surface area (Å²) in [6.45, 7) is 0.182. The van der Waals surface area contributed by atoms with Crippen LogP contribution in [-0.4, -0.2) is 38.3 Å². The van der Waals surface area contributed by atoms with Crippen LogP contribution in [0.3, 0.4) is 0 Å². The standard InChI is InChI=1S/C11H14Cl2N2O3S/c12-3-5-19(17,18)6-4-15-10-7-8(11(14)16)1-2-9(10)13/h1-2,7,15H,3-6H2,(H2,14,16). The molecule has 3 N–H and O–H groups in total. The molecule has 1 amide bonds. The molecule has 0 aromatic heterocycles. The minimum Gasteiger partial charge on any atom is -0.383 e. The lowest BCUT2D eigenvalue weighted by Gasteiger charge is -2.09. The molecule has 1 aromatic rings. The van der Waals surface area contributed by atoms with E-state index in [1.807, 2.05) is 0 Å². The summed E-state index contributed by atoms with van der Waals surface area (Å²) in [6, 6.07) is 4.51. The van der Waals surface area contributed by atoms with Crippen molar-refractivity contribution >= 4 is 44.6 Å². The molecule has 0 fully saturated rings. The van der Waals surface area contributed by atoms with Gasteiger partial charge in [0.25, 0.3) is 0 Å². The molecule has 0 unspecified atom stereocenters. The van der Waals surface area contributed by atoms with Gasteiger partial charge in [0.1, 0.15) is 0 Å². The van der Waals surface area contributed by atoms with Crippen LogP contribution in [-0.2, 0) is 9.84 Å². The Morgan fingerprint density at radius 3 is 2.58 bits per heavy atom. The molecule has 0 aliphatic rings. The molecule has 0 bridgehead atoms. The van der Waals surface area contributed by atoms with Gasteiger partial charge in [-0.1, -0.05) is 11.6 Å². The lowest BCUT2D eigenvalue weighted by molar-refractivity contribution is 0.100. The molecule has 0 atom stereocenters. The summed E-state index contributed by atoms with van der Waals surface area (Å²) in [7, 11) is -3.17. The molecular formula is C11H14Cl2N2O3S. The first-order chi connectivity index (χ1) is 8.85. The van der Waals surface area contributed by atoms with Gasteiger partial charge < -0.3 is 11.1 Å². The first-order valence-electron chi connectivity index (χ1n) is 5.45. The van der Waals surface area contributed by atoms with E-state index in [1.54, 1.807) is 0 Å². The number of amides is 1. The van der Waals surface area contributed by atoms with Crippen molar-refractivity contribution in [1.29, 1.82) is 0 Å². The number of primary amides is 1. The van der Waals surface area contributed by atoms with Gasteiger partial charge in [0, 0.05) is 18.0 Å². The number of benzene rings is 1. The fourth-order valence-electron chi connectivity index (χ4n) is 1.37. The van der Waals surface area contributed by atoms with Crippen molar-refractivity contribution in [3.05, 3.63) is 28.8 Å². The third-order valence-electron chi connectivity index (χ3n) is 2.37. The summed E-state index contributed by atoms with van der Waals surface area (Å²) in [5.41, 5.74) is 5.92. The van der Waals surface area contributed by atoms with Gasteiger partial charge >= 0.3 is 0 Å². The molecule has 0 spiro atoms. The zero-order valence-corrected chi connectivity index (χ0v) is 12.4. The Balaban J connectivity index is 2.68.